The molecule has 2 aromatic carbocycles. The summed E-state index contributed by atoms with van der Waals surface area (Å²) in [6, 6.07) is 12.3. The fourth-order valence-corrected chi connectivity index (χ4v) is 2.87. The molecule has 1 aliphatic heterocycles. The molecule has 2 N–H and O–H groups in total. The number of rotatable bonds is 2. The van der Waals surface area contributed by atoms with Gasteiger partial charge in [-0.3, -0.25) is 4.99 Å². The summed E-state index contributed by atoms with van der Waals surface area (Å²) in [5.74, 6) is -0.0436. The Labute approximate surface area is 135 Å². The zero-order chi connectivity index (χ0) is 15.0. The lowest BCUT2D eigenvalue weighted by atomic mass is 10.0. The monoisotopic (exact) mass is 367 g/mol. The van der Waals surface area contributed by atoms with Gasteiger partial charge >= 0.3 is 0 Å². The van der Waals surface area contributed by atoms with Gasteiger partial charge in [-0.2, -0.15) is 0 Å². The molecule has 0 aromatic heterocycles. The lowest BCUT2D eigenvalue weighted by molar-refractivity contribution is 0.590. The number of aliphatic imine (C=N–C) groups is 1. The molecule has 1 atom stereocenters. The Morgan fingerprint density at radius 3 is 2.67 bits per heavy atom. The van der Waals surface area contributed by atoms with Gasteiger partial charge in [-0.05, 0) is 30.3 Å². The molecule has 21 heavy (non-hydrogen) atoms. The summed E-state index contributed by atoms with van der Waals surface area (Å²) in [5.41, 5.74) is 7.33. The number of nitrogens with two attached hydrogens (primary N) is 1. The molecule has 0 bridgehead atoms. The van der Waals surface area contributed by atoms with Crippen molar-refractivity contribution >= 4 is 39.2 Å². The van der Waals surface area contributed by atoms with Gasteiger partial charge in [0.1, 0.15) is 5.82 Å². The Hall–Kier alpha value is -1.59. The van der Waals surface area contributed by atoms with Gasteiger partial charge in [0, 0.05) is 15.7 Å². The highest BCUT2D eigenvalue weighted by Crippen LogP contribution is 2.34. The molecular weight excluding hydrogens is 357 g/mol. The van der Waals surface area contributed by atoms with Gasteiger partial charge in [0.2, 0.25) is 0 Å². The second kappa shape index (κ2) is 5.66. The zero-order valence-electron chi connectivity index (χ0n) is 10.9. The van der Waals surface area contributed by atoms with Crippen LogP contribution < -0.4 is 10.6 Å². The number of guanidine groups is 1. The minimum absolute atomic E-state index is 0.105. The molecule has 3 nitrogen and oxygen atoms in total. The van der Waals surface area contributed by atoms with Crippen molar-refractivity contribution in [2.75, 3.05) is 11.4 Å². The fraction of sp³-hybridized carbons (Fsp3) is 0.133. The van der Waals surface area contributed by atoms with Crippen LogP contribution in [-0.2, 0) is 0 Å². The largest absolute Gasteiger partial charge is 0.369 e. The van der Waals surface area contributed by atoms with E-state index in [1.807, 2.05) is 29.2 Å². The quantitative estimate of drug-likeness (QED) is 0.866. The molecule has 6 heteroatoms. The Bertz CT molecular complexity index is 703. The second-order valence-electron chi connectivity index (χ2n) is 4.70. The first-order valence-electron chi connectivity index (χ1n) is 6.36. The SMILES string of the molecule is NC1=NCC(c2cccc(Cl)c2F)N1c1ccc(Br)cc1. The average Bonchev–Trinajstić information content (AvgIpc) is 2.85. The van der Waals surface area contributed by atoms with E-state index in [2.05, 4.69) is 20.9 Å². The lowest BCUT2D eigenvalue weighted by Gasteiger charge is -2.27. The summed E-state index contributed by atoms with van der Waals surface area (Å²) in [6.45, 7) is 0.402. The molecule has 0 saturated heterocycles. The van der Waals surface area contributed by atoms with E-state index in [4.69, 9.17) is 17.3 Å². The summed E-state index contributed by atoms with van der Waals surface area (Å²) in [5, 5.41) is 0.105. The third kappa shape index (κ3) is 2.63. The molecule has 3 rings (SSSR count). The van der Waals surface area contributed by atoms with Crippen LogP contribution in [0.2, 0.25) is 5.02 Å². The van der Waals surface area contributed by atoms with Crippen molar-refractivity contribution in [3.8, 4) is 0 Å². The van der Waals surface area contributed by atoms with Gasteiger partial charge in [0.05, 0.1) is 17.6 Å². The van der Waals surface area contributed by atoms with Crippen molar-refractivity contribution in [2.24, 2.45) is 10.7 Å². The molecule has 0 aliphatic carbocycles. The first-order chi connectivity index (χ1) is 10.1. The zero-order valence-corrected chi connectivity index (χ0v) is 13.3. The molecule has 108 valence electrons. The molecule has 0 amide bonds. The Morgan fingerprint density at radius 1 is 1.24 bits per heavy atom. The summed E-state index contributed by atoms with van der Waals surface area (Å²) < 4.78 is 15.2. The highest BCUT2D eigenvalue weighted by molar-refractivity contribution is 9.10. The smallest absolute Gasteiger partial charge is 0.196 e. The van der Waals surface area contributed by atoms with Crippen molar-refractivity contribution in [2.45, 2.75) is 6.04 Å². The standard InChI is InChI=1S/C15H12BrClFN3/c16-9-4-6-10(7-5-9)21-13(8-20-15(21)19)11-2-1-3-12(17)14(11)18/h1-7,13H,8H2,(H2,19,20). The van der Waals surface area contributed by atoms with E-state index in [9.17, 15) is 4.39 Å². The van der Waals surface area contributed by atoms with E-state index in [1.165, 1.54) is 6.07 Å². The maximum absolute atomic E-state index is 14.3. The molecule has 2 aromatic rings. The predicted octanol–water partition coefficient (Wildman–Crippen LogP) is 4.12. The van der Waals surface area contributed by atoms with Crippen LogP contribution in [0.25, 0.3) is 0 Å². The van der Waals surface area contributed by atoms with Gasteiger partial charge in [-0.25, -0.2) is 4.39 Å². The van der Waals surface area contributed by atoms with E-state index in [0.29, 0.717) is 18.1 Å². The molecule has 0 fully saturated rings. The molecule has 0 saturated carbocycles. The van der Waals surface area contributed by atoms with Crippen molar-refractivity contribution in [3.63, 3.8) is 0 Å². The Balaban J connectivity index is 2.03. The van der Waals surface area contributed by atoms with E-state index >= 15 is 0 Å². The molecule has 0 radical (unpaired) electrons. The topological polar surface area (TPSA) is 41.6 Å². The van der Waals surface area contributed by atoms with Gasteiger partial charge in [-0.1, -0.05) is 39.7 Å². The third-order valence-corrected chi connectivity index (χ3v) is 4.25. The maximum Gasteiger partial charge on any atom is 0.196 e. The predicted molar refractivity (Wildman–Crippen MR) is 87.3 cm³/mol. The van der Waals surface area contributed by atoms with Gasteiger partial charge in [0.25, 0.3) is 0 Å². The first-order valence-corrected chi connectivity index (χ1v) is 7.53. The number of nitrogens with zero attached hydrogens (tertiary/aromatic N) is 2. The van der Waals surface area contributed by atoms with Crippen molar-refractivity contribution < 1.29 is 4.39 Å². The summed E-state index contributed by atoms with van der Waals surface area (Å²) in [6.07, 6.45) is 0. The summed E-state index contributed by atoms with van der Waals surface area (Å²) in [7, 11) is 0. The number of benzene rings is 2. The van der Waals surface area contributed by atoms with Gasteiger partial charge in [0.15, 0.2) is 5.96 Å². The number of hydrogen-bond acceptors (Lipinski definition) is 3. The van der Waals surface area contributed by atoms with Gasteiger partial charge in [-0.15, -0.1) is 0 Å². The van der Waals surface area contributed by atoms with Gasteiger partial charge < -0.3 is 10.6 Å². The minimum atomic E-state index is -0.420. The first kappa shape index (κ1) is 14.4. The van der Waals surface area contributed by atoms with Crippen LogP contribution in [0.1, 0.15) is 11.6 Å². The number of hydrogen-bond donors (Lipinski definition) is 1. The molecule has 1 aliphatic rings. The summed E-state index contributed by atoms with van der Waals surface area (Å²) in [4.78, 5) is 6.06. The molecule has 1 unspecified atom stereocenters. The van der Waals surface area contributed by atoms with Crippen molar-refractivity contribution in [1.82, 2.24) is 0 Å². The summed E-state index contributed by atoms with van der Waals surface area (Å²) >= 11 is 9.27. The van der Waals surface area contributed by atoms with Crippen LogP contribution in [0, 0.1) is 5.82 Å². The maximum atomic E-state index is 14.3. The highest BCUT2D eigenvalue weighted by atomic mass is 79.9. The minimum Gasteiger partial charge on any atom is -0.369 e. The van der Waals surface area contributed by atoms with E-state index in [-0.39, 0.29) is 11.1 Å². The lowest BCUT2D eigenvalue weighted by Crippen LogP contribution is -2.36. The Kier molecular flexibility index (Phi) is 3.87. The second-order valence-corrected chi connectivity index (χ2v) is 6.03. The van der Waals surface area contributed by atoms with Crippen LogP contribution in [0.4, 0.5) is 10.1 Å². The Morgan fingerprint density at radius 2 is 1.95 bits per heavy atom. The average molecular weight is 369 g/mol. The molecule has 0 spiro atoms. The highest BCUT2D eigenvalue weighted by Gasteiger charge is 2.31. The number of anilines is 1. The van der Waals surface area contributed by atoms with E-state index in [1.54, 1.807) is 12.1 Å². The van der Waals surface area contributed by atoms with Crippen LogP contribution in [0.3, 0.4) is 0 Å². The van der Waals surface area contributed by atoms with E-state index in [0.717, 1.165) is 10.2 Å². The van der Waals surface area contributed by atoms with Crippen molar-refractivity contribution in [1.29, 1.82) is 0 Å². The van der Waals surface area contributed by atoms with Crippen LogP contribution >= 0.6 is 27.5 Å². The van der Waals surface area contributed by atoms with Crippen LogP contribution in [0.5, 0.6) is 0 Å². The fourth-order valence-electron chi connectivity index (χ4n) is 2.43. The van der Waals surface area contributed by atoms with Crippen LogP contribution in [0.15, 0.2) is 51.9 Å². The van der Waals surface area contributed by atoms with E-state index < -0.39 is 5.82 Å². The third-order valence-electron chi connectivity index (χ3n) is 3.43. The van der Waals surface area contributed by atoms with Crippen molar-refractivity contribution in [3.05, 3.63) is 63.3 Å². The molecular formula is C15H12BrClFN3. The van der Waals surface area contributed by atoms with Crippen LogP contribution in [-0.4, -0.2) is 12.5 Å². The molecule has 1 heterocycles. The number of halogens is 3. The normalized spacial score (nSPS) is 18.0.